The maximum Gasteiger partial charge on any atom is 0.242 e. The molecule has 0 heterocycles. The number of anilines is 1. The van der Waals surface area contributed by atoms with Gasteiger partial charge in [0.25, 0.3) is 0 Å². The van der Waals surface area contributed by atoms with Crippen LogP contribution in [0.25, 0.3) is 0 Å². The summed E-state index contributed by atoms with van der Waals surface area (Å²) in [7, 11) is 0. The lowest BCUT2D eigenvalue weighted by molar-refractivity contribution is -0.117. The number of nitrogens with one attached hydrogen (secondary N) is 1. The largest absolute Gasteiger partial charge is 0.323 e. The van der Waals surface area contributed by atoms with Gasteiger partial charge in [0.15, 0.2) is 0 Å². The van der Waals surface area contributed by atoms with E-state index in [9.17, 15) is 4.79 Å². The fourth-order valence-corrected chi connectivity index (χ4v) is 1.76. The van der Waals surface area contributed by atoms with Crippen molar-refractivity contribution < 1.29 is 4.79 Å². The van der Waals surface area contributed by atoms with Crippen LogP contribution in [0.3, 0.4) is 0 Å². The van der Waals surface area contributed by atoms with Crippen LogP contribution in [0.4, 0.5) is 5.69 Å². The lowest BCUT2D eigenvalue weighted by Gasteiger charge is -2.11. The number of halogens is 2. The molecule has 1 aromatic carbocycles. The molecule has 0 aromatic heterocycles. The smallest absolute Gasteiger partial charge is 0.242 e. The molecule has 0 saturated heterocycles. The predicted molar refractivity (Wildman–Crippen MR) is 69.2 cm³/mol. The molecule has 0 aliphatic rings. The molecule has 3 nitrogen and oxygen atoms in total. The molecule has 0 radical (unpaired) electrons. The predicted octanol–water partition coefficient (Wildman–Crippen LogP) is 2.39. The van der Waals surface area contributed by atoms with E-state index in [2.05, 4.69) is 27.2 Å². The highest BCUT2D eigenvalue weighted by Crippen LogP contribution is 2.25. The Kier molecular flexibility index (Phi) is 4.81. The van der Waals surface area contributed by atoms with Gasteiger partial charge in [-0.15, -0.1) is 12.3 Å². The highest BCUT2D eigenvalue weighted by molar-refractivity contribution is 9.10. The van der Waals surface area contributed by atoms with E-state index in [0.29, 0.717) is 10.7 Å². The Hall–Kier alpha value is -1.02. The molecular weight excluding hydrogens is 291 g/mol. The lowest BCUT2D eigenvalue weighted by atomic mass is 10.2. The van der Waals surface area contributed by atoms with Crippen molar-refractivity contribution in [3.63, 3.8) is 0 Å². The van der Waals surface area contributed by atoms with Crippen LogP contribution in [0.15, 0.2) is 22.7 Å². The van der Waals surface area contributed by atoms with E-state index in [1.54, 1.807) is 18.2 Å². The molecule has 0 bridgehead atoms. The number of benzene rings is 1. The molecular formula is C11H10BrClN2O. The molecule has 0 fully saturated rings. The maximum absolute atomic E-state index is 11.5. The fraction of sp³-hybridized carbons (Fsp3) is 0.182. The molecule has 0 spiro atoms. The average Bonchev–Trinajstić information content (AvgIpc) is 2.22. The third kappa shape index (κ3) is 3.53. The topological polar surface area (TPSA) is 55.1 Å². The van der Waals surface area contributed by atoms with E-state index < -0.39 is 6.04 Å². The molecule has 1 rings (SSSR count). The Labute approximate surface area is 107 Å². The number of hydrogen-bond acceptors (Lipinski definition) is 2. The monoisotopic (exact) mass is 300 g/mol. The molecule has 1 amide bonds. The minimum absolute atomic E-state index is 0.194. The molecule has 16 heavy (non-hydrogen) atoms. The highest BCUT2D eigenvalue weighted by atomic mass is 79.9. The second kappa shape index (κ2) is 5.90. The van der Waals surface area contributed by atoms with Gasteiger partial charge >= 0.3 is 0 Å². The number of rotatable bonds is 3. The molecule has 0 aliphatic heterocycles. The van der Waals surface area contributed by atoms with Crippen molar-refractivity contribution in [2.24, 2.45) is 5.73 Å². The van der Waals surface area contributed by atoms with Gasteiger partial charge in [0.1, 0.15) is 0 Å². The second-order valence-corrected chi connectivity index (χ2v) is 4.45. The summed E-state index contributed by atoms with van der Waals surface area (Å²) in [5, 5.41) is 3.05. The first kappa shape index (κ1) is 13.0. The van der Waals surface area contributed by atoms with E-state index >= 15 is 0 Å². The van der Waals surface area contributed by atoms with Crippen molar-refractivity contribution in [2.45, 2.75) is 12.5 Å². The third-order valence-corrected chi connectivity index (χ3v) is 2.67. The van der Waals surface area contributed by atoms with E-state index in [1.165, 1.54) is 0 Å². The van der Waals surface area contributed by atoms with Crippen LogP contribution in [0, 0.1) is 12.3 Å². The number of nitrogens with two attached hydrogens (primary N) is 1. The number of terminal acetylenes is 1. The minimum atomic E-state index is -0.718. The maximum atomic E-state index is 11.5. The number of carbonyl (C=O) groups excluding carboxylic acids is 1. The fourth-order valence-electron chi connectivity index (χ4n) is 1.04. The minimum Gasteiger partial charge on any atom is -0.323 e. The Morgan fingerprint density at radius 1 is 1.69 bits per heavy atom. The van der Waals surface area contributed by atoms with E-state index in [1.807, 2.05) is 0 Å². The van der Waals surface area contributed by atoms with E-state index in [4.69, 9.17) is 23.8 Å². The van der Waals surface area contributed by atoms with Crippen LogP contribution in [0.2, 0.25) is 5.02 Å². The van der Waals surface area contributed by atoms with E-state index in [-0.39, 0.29) is 12.3 Å². The zero-order valence-corrected chi connectivity index (χ0v) is 10.7. The summed E-state index contributed by atoms with van der Waals surface area (Å²) in [5.74, 6) is 1.99. The number of carbonyl (C=O) groups is 1. The Morgan fingerprint density at radius 3 is 2.94 bits per heavy atom. The summed E-state index contributed by atoms with van der Waals surface area (Å²) in [6.07, 6.45) is 5.26. The third-order valence-electron chi connectivity index (χ3n) is 1.86. The Balaban J connectivity index is 2.74. The Morgan fingerprint density at radius 2 is 2.38 bits per heavy atom. The Bertz CT molecular complexity index is 442. The summed E-state index contributed by atoms with van der Waals surface area (Å²) in [6.45, 7) is 0. The molecule has 3 N–H and O–H groups in total. The van der Waals surface area contributed by atoms with Crippen LogP contribution in [-0.4, -0.2) is 11.9 Å². The molecule has 1 aromatic rings. The summed E-state index contributed by atoms with van der Waals surface area (Å²) < 4.78 is 0.837. The SMILES string of the molecule is C#CCC(N)C(=O)Nc1ccc(Br)cc1Cl. The first-order valence-corrected chi connectivity index (χ1v) is 5.66. The van der Waals surface area contributed by atoms with Gasteiger partial charge in [-0.25, -0.2) is 0 Å². The summed E-state index contributed by atoms with van der Waals surface area (Å²) in [5.41, 5.74) is 6.06. The lowest BCUT2D eigenvalue weighted by Crippen LogP contribution is -2.35. The molecule has 1 atom stereocenters. The van der Waals surface area contributed by atoms with Gasteiger partial charge in [-0.05, 0) is 18.2 Å². The van der Waals surface area contributed by atoms with Gasteiger partial charge in [-0.3, -0.25) is 4.79 Å². The second-order valence-electron chi connectivity index (χ2n) is 3.13. The molecule has 1 unspecified atom stereocenters. The van der Waals surface area contributed by atoms with Crippen molar-refractivity contribution >= 4 is 39.1 Å². The normalized spacial score (nSPS) is 11.6. The standard InChI is InChI=1S/C11H10BrClN2O/c1-2-3-9(14)11(16)15-10-5-4-7(12)6-8(10)13/h1,4-6,9H,3,14H2,(H,15,16). The van der Waals surface area contributed by atoms with Crippen molar-refractivity contribution in [1.29, 1.82) is 0 Å². The quantitative estimate of drug-likeness (QED) is 0.842. The van der Waals surface area contributed by atoms with Crippen LogP contribution >= 0.6 is 27.5 Å². The van der Waals surface area contributed by atoms with Crippen LogP contribution in [0.1, 0.15) is 6.42 Å². The van der Waals surface area contributed by atoms with Crippen LogP contribution < -0.4 is 11.1 Å². The van der Waals surface area contributed by atoms with Gasteiger partial charge in [0, 0.05) is 10.9 Å². The summed E-state index contributed by atoms with van der Waals surface area (Å²) in [4.78, 5) is 11.5. The first-order valence-electron chi connectivity index (χ1n) is 4.49. The molecule has 84 valence electrons. The summed E-state index contributed by atoms with van der Waals surface area (Å²) >= 11 is 9.20. The summed E-state index contributed by atoms with van der Waals surface area (Å²) in [6, 6.07) is 4.43. The van der Waals surface area contributed by atoms with Gasteiger partial charge in [0.05, 0.1) is 16.8 Å². The van der Waals surface area contributed by atoms with Crippen molar-refractivity contribution in [1.82, 2.24) is 0 Å². The van der Waals surface area contributed by atoms with Gasteiger partial charge in [0.2, 0.25) is 5.91 Å². The average molecular weight is 302 g/mol. The highest BCUT2D eigenvalue weighted by Gasteiger charge is 2.13. The van der Waals surface area contributed by atoms with E-state index in [0.717, 1.165) is 4.47 Å². The van der Waals surface area contributed by atoms with Gasteiger partial charge < -0.3 is 11.1 Å². The molecule has 5 heteroatoms. The van der Waals surface area contributed by atoms with Crippen molar-refractivity contribution in [3.05, 3.63) is 27.7 Å². The zero-order chi connectivity index (χ0) is 12.1. The van der Waals surface area contributed by atoms with Gasteiger partial charge in [-0.2, -0.15) is 0 Å². The molecule has 0 saturated carbocycles. The number of amides is 1. The van der Waals surface area contributed by atoms with Crippen LogP contribution in [-0.2, 0) is 4.79 Å². The molecule has 0 aliphatic carbocycles. The van der Waals surface area contributed by atoms with Crippen LogP contribution in [0.5, 0.6) is 0 Å². The van der Waals surface area contributed by atoms with Crippen molar-refractivity contribution in [2.75, 3.05) is 5.32 Å². The van der Waals surface area contributed by atoms with Crippen molar-refractivity contribution in [3.8, 4) is 12.3 Å². The zero-order valence-electron chi connectivity index (χ0n) is 8.34. The first-order chi connectivity index (χ1) is 7.54. The number of hydrogen-bond donors (Lipinski definition) is 2. The van der Waals surface area contributed by atoms with Gasteiger partial charge in [-0.1, -0.05) is 27.5 Å².